The van der Waals surface area contributed by atoms with Gasteiger partial charge in [0.25, 0.3) is 0 Å². The summed E-state index contributed by atoms with van der Waals surface area (Å²) >= 11 is 0. The molecule has 0 spiro atoms. The lowest BCUT2D eigenvalue weighted by Gasteiger charge is -2.41. The second kappa shape index (κ2) is 20.4. The Balaban J connectivity index is 0.908. The van der Waals surface area contributed by atoms with Crippen LogP contribution in [0.25, 0.3) is 44.5 Å². The number of aliphatic hydroxyl groups is 2. The summed E-state index contributed by atoms with van der Waals surface area (Å²) in [5, 5.41) is 39.5. The Morgan fingerprint density at radius 3 is 0.889 bits per heavy atom. The highest BCUT2D eigenvalue weighted by Gasteiger charge is 2.47. The van der Waals surface area contributed by atoms with Gasteiger partial charge in [-0.1, -0.05) is 236 Å². The Bertz CT molecular complexity index is 2830. The van der Waals surface area contributed by atoms with Crippen LogP contribution < -0.4 is 0 Å². The van der Waals surface area contributed by atoms with E-state index in [4.69, 9.17) is 0 Å². The molecule has 358 valence electrons. The lowest BCUT2D eigenvalue weighted by molar-refractivity contribution is -0.00732. The molecule has 0 unspecified atom stereocenters. The van der Waals surface area contributed by atoms with Crippen LogP contribution in [-0.4, -0.2) is 50.3 Å². The number of phenolic OH excluding ortho intramolecular Hbond substituents is 1. The molecule has 9 aromatic carbocycles. The van der Waals surface area contributed by atoms with Crippen LogP contribution in [0.15, 0.2) is 231 Å². The zero-order chi connectivity index (χ0) is 49.1. The summed E-state index contributed by atoms with van der Waals surface area (Å²) in [6.07, 6.45) is 3.43. The highest BCUT2D eigenvalue weighted by Crippen LogP contribution is 2.45. The van der Waals surface area contributed by atoms with E-state index in [9.17, 15) is 15.3 Å². The van der Waals surface area contributed by atoms with Crippen molar-refractivity contribution in [3.63, 3.8) is 0 Å². The van der Waals surface area contributed by atoms with E-state index in [0.29, 0.717) is 13.1 Å². The van der Waals surface area contributed by atoms with Crippen molar-refractivity contribution < 1.29 is 15.3 Å². The predicted molar refractivity (Wildman–Crippen MR) is 293 cm³/mol. The summed E-state index contributed by atoms with van der Waals surface area (Å²) in [6.45, 7) is 4.63. The van der Waals surface area contributed by atoms with Crippen LogP contribution >= 0.6 is 0 Å². The maximum atomic E-state index is 13.5. The number of rotatable bonds is 14. The molecule has 2 atom stereocenters. The van der Waals surface area contributed by atoms with Gasteiger partial charge in [-0.3, -0.25) is 9.80 Å². The highest BCUT2D eigenvalue weighted by molar-refractivity contribution is 5.68. The first-order valence-electron chi connectivity index (χ1n) is 25.6. The molecule has 0 amide bonds. The van der Waals surface area contributed by atoms with Gasteiger partial charge in [-0.05, 0) is 112 Å². The van der Waals surface area contributed by atoms with Gasteiger partial charge in [0, 0.05) is 36.3 Å². The fourth-order valence-electron chi connectivity index (χ4n) is 11.9. The number of nitrogens with zero attached hydrogens (tertiary/aromatic N) is 2. The van der Waals surface area contributed by atoms with E-state index < -0.39 is 11.2 Å². The molecule has 2 heterocycles. The second-order valence-corrected chi connectivity index (χ2v) is 20.0. The van der Waals surface area contributed by atoms with Crippen LogP contribution in [0.3, 0.4) is 0 Å². The van der Waals surface area contributed by atoms with Crippen LogP contribution in [0.5, 0.6) is 5.75 Å². The maximum Gasteiger partial charge on any atom is 0.130 e. The van der Waals surface area contributed by atoms with E-state index in [1.54, 1.807) is 0 Å². The van der Waals surface area contributed by atoms with Gasteiger partial charge in [0.05, 0.1) is 0 Å². The lowest BCUT2D eigenvalue weighted by atomic mass is 9.78. The van der Waals surface area contributed by atoms with Crippen LogP contribution in [0.1, 0.15) is 64.6 Å². The second-order valence-electron chi connectivity index (χ2n) is 20.0. The monoisotopic (exact) mass is 942 g/mol. The third-order valence-electron chi connectivity index (χ3n) is 15.6. The number of phenols is 1. The van der Waals surface area contributed by atoms with Crippen molar-refractivity contribution in [3.05, 3.63) is 269 Å². The summed E-state index contributed by atoms with van der Waals surface area (Å²) in [5.74, 6) is 0.280. The lowest BCUT2D eigenvalue weighted by Crippen LogP contribution is -2.48. The Kier molecular flexibility index (Phi) is 13.3. The topological polar surface area (TPSA) is 67.2 Å². The fourth-order valence-corrected chi connectivity index (χ4v) is 11.9. The van der Waals surface area contributed by atoms with Gasteiger partial charge in [0.2, 0.25) is 0 Å². The predicted octanol–water partition coefficient (Wildman–Crippen LogP) is 14.2. The zero-order valence-corrected chi connectivity index (χ0v) is 41.0. The van der Waals surface area contributed by atoms with Crippen LogP contribution in [-0.2, 0) is 24.3 Å². The van der Waals surface area contributed by atoms with Gasteiger partial charge in [0.1, 0.15) is 17.0 Å². The summed E-state index contributed by atoms with van der Waals surface area (Å²) in [4.78, 5) is 4.76. The average Bonchev–Trinajstić information content (AvgIpc) is 4.13. The number of likely N-dealkylation sites (tertiary alicyclic amines) is 2. The Hall–Kier alpha value is -7.38. The minimum absolute atomic E-state index is 0.259. The standard InChI is InChI=1S/C67H62N2O3/c1-48-44-57(46-68-42-14-24-63(68)66(71,59-34-26-53(27-35-59)49-16-6-2-7-17-49)60-36-28-54(29-37-60)50-18-8-3-9-19-50)65(70)58(45-48)47-69-43-15-25-64(69)67(72,61-38-30-55(31-39-61)51-20-10-4-11-21-51)62-40-32-56(33-41-62)52-22-12-5-13-23-52/h2-13,16-23,26-41,44-45,63-64,70-72H,14-15,24-25,42-43,46-47H2,1H3/t63-,64-/m0/s1. The molecule has 2 fully saturated rings. The van der Waals surface area contributed by atoms with Gasteiger partial charge in [-0.2, -0.15) is 0 Å². The first-order chi connectivity index (χ1) is 35.3. The maximum absolute atomic E-state index is 13.5. The molecule has 0 bridgehead atoms. The normalized spacial score (nSPS) is 16.5. The van der Waals surface area contributed by atoms with Crippen molar-refractivity contribution in [2.45, 2.75) is 69.0 Å². The summed E-state index contributed by atoms with van der Waals surface area (Å²) in [5.41, 5.74) is 12.4. The summed E-state index contributed by atoms with van der Waals surface area (Å²) < 4.78 is 0. The first-order valence-corrected chi connectivity index (χ1v) is 25.6. The molecule has 5 heteroatoms. The van der Waals surface area contributed by atoms with E-state index >= 15 is 0 Å². The third-order valence-corrected chi connectivity index (χ3v) is 15.6. The van der Waals surface area contributed by atoms with Gasteiger partial charge in [0.15, 0.2) is 0 Å². The van der Waals surface area contributed by atoms with E-state index in [0.717, 1.165) is 122 Å². The molecule has 0 saturated carbocycles. The Morgan fingerprint density at radius 1 is 0.375 bits per heavy atom. The van der Waals surface area contributed by atoms with Gasteiger partial charge < -0.3 is 15.3 Å². The van der Waals surface area contributed by atoms with Crippen molar-refractivity contribution in [2.24, 2.45) is 0 Å². The molecule has 5 nitrogen and oxygen atoms in total. The van der Waals surface area contributed by atoms with Crippen molar-refractivity contribution in [2.75, 3.05) is 13.1 Å². The SMILES string of the molecule is Cc1cc(CN2CCC[C@H]2C(O)(c2ccc(-c3ccccc3)cc2)c2ccc(-c3ccccc3)cc2)c(O)c(CN2CCC[C@H]2C(O)(c2ccc(-c3ccccc3)cc2)c2ccc(-c3ccccc3)cc2)c1. The molecule has 0 radical (unpaired) electrons. The molecular weight excluding hydrogens is 881 g/mol. The minimum atomic E-state index is -1.34. The number of benzene rings is 9. The third kappa shape index (κ3) is 9.22. The number of hydrogen-bond acceptors (Lipinski definition) is 5. The molecule has 9 aromatic rings. The zero-order valence-electron chi connectivity index (χ0n) is 41.0. The van der Waals surface area contributed by atoms with Crippen molar-refractivity contribution in [3.8, 4) is 50.3 Å². The van der Waals surface area contributed by atoms with Crippen LogP contribution in [0.2, 0.25) is 0 Å². The molecule has 0 aromatic heterocycles. The number of aryl methyl sites for hydroxylation is 1. The molecule has 2 saturated heterocycles. The molecule has 2 aliphatic heterocycles. The van der Waals surface area contributed by atoms with Gasteiger partial charge >= 0.3 is 0 Å². The van der Waals surface area contributed by atoms with Gasteiger partial charge in [-0.15, -0.1) is 0 Å². The summed E-state index contributed by atoms with van der Waals surface area (Å²) in [7, 11) is 0. The first kappa shape index (κ1) is 47.0. The van der Waals surface area contributed by atoms with Crippen molar-refractivity contribution >= 4 is 0 Å². The van der Waals surface area contributed by atoms with Crippen molar-refractivity contribution in [1.29, 1.82) is 0 Å². The van der Waals surface area contributed by atoms with Gasteiger partial charge in [-0.25, -0.2) is 0 Å². The minimum Gasteiger partial charge on any atom is -0.507 e. The molecule has 0 aliphatic carbocycles. The van der Waals surface area contributed by atoms with Crippen LogP contribution in [0.4, 0.5) is 0 Å². The molecule has 3 N–H and O–H groups in total. The average molecular weight is 943 g/mol. The van der Waals surface area contributed by atoms with E-state index in [2.05, 4.69) is 223 Å². The molecular formula is C67H62N2O3. The fraction of sp³-hybridized carbons (Fsp3) is 0.194. The van der Waals surface area contributed by atoms with E-state index in [1.807, 2.05) is 24.3 Å². The Labute approximate surface area is 425 Å². The number of aromatic hydroxyl groups is 1. The largest absolute Gasteiger partial charge is 0.507 e. The summed E-state index contributed by atoms with van der Waals surface area (Å²) in [6, 6.07) is 78.9. The van der Waals surface area contributed by atoms with Crippen molar-refractivity contribution in [1.82, 2.24) is 9.80 Å². The van der Waals surface area contributed by atoms with E-state index in [-0.39, 0.29) is 17.8 Å². The van der Waals surface area contributed by atoms with E-state index in [1.165, 1.54) is 0 Å². The quantitative estimate of drug-likeness (QED) is 0.101. The Morgan fingerprint density at radius 2 is 0.625 bits per heavy atom. The molecule has 11 rings (SSSR count). The number of hydrogen-bond donors (Lipinski definition) is 3. The van der Waals surface area contributed by atoms with Crippen LogP contribution in [0, 0.1) is 6.92 Å². The molecule has 2 aliphatic rings. The smallest absolute Gasteiger partial charge is 0.130 e. The highest BCUT2D eigenvalue weighted by atomic mass is 16.3. The molecule has 72 heavy (non-hydrogen) atoms.